The Balaban J connectivity index is 3.07. The molecule has 1 N–H and O–H groups in total. The molecular formula is C12H19NOS2. The molecule has 16 heavy (non-hydrogen) atoms. The number of nitrogens with zero attached hydrogens (tertiary/aromatic N) is 1. The van der Waals surface area contributed by atoms with E-state index < -0.39 is 0 Å². The quantitative estimate of drug-likeness (QED) is 0.706. The van der Waals surface area contributed by atoms with E-state index in [2.05, 4.69) is 36.2 Å². The minimum Gasteiger partial charge on any atom is -0.506 e. The van der Waals surface area contributed by atoms with Crippen molar-refractivity contribution >= 4 is 30.9 Å². The molecule has 0 fully saturated rings. The smallest absolute Gasteiger partial charge is 0.139 e. The zero-order valence-electron chi connectivity index (χ0n) is 9.77. The lowest BCUT2D eigenvalue weighted by Gasteiger charge is -2.26. The number of anilines is 1. The SMILES string of the molecule is Cc1cc(C)c(N(CCS)CCS)c(O)c1. The highest BCUT2D eigenvalue weighted by atomic mass is 32.1. The van der Waals surface area contributed by atoms with Crippen molar-refractivity contribution in [2.45, 2.75) is 13.8 Å². The molecule has 1 aromatic carbocycles. The molecule has 0 atom stereocenters. The summed E-state index contributed by atoms with van der Waals surface area (Å²) in [5, 5.41) is 10.0. The van der Waals surface area contributed by atoms with Crippen LogP contribution in [-0.2, 0) is 0 Å². The van der Waals surface area contributed by atoms with E-state index >= 15 is 0 Å². The predicted octanol–water partition coefficient (Wildman–Crippen LogP) is 2.68. The molecule has 2 nitrogen and oxygen atoms in total. The van der Waals surface area contributed by atoms with Crippen LogP contribution in [0.15, 0.2) is 12.1 Å². The first-order valence-corrected chi connectivity index (χ1v) is 6.63. The van der Waals surface area contributed by atoms with Crippen molar-refractivity contribution < 1.29 is 5.11 Å². The summed E-state index contributed by atoms with van der Waals surface area (Å²) < 4.78 is 0. The van der Waals surface area contributed by atoms with Crippen molar-refractivity contribution in [1.29, 1.82) is 0 Å². The molecule has 0 saturated heterocycles. The third-order valence-electron chi connectivity index (χ3n) is 2.48. The van der Waals surface area contributed by atoms with Gasteiger partial charge in [-0.15, -0.1) is 0 Å². The highest BCUT2D eigenvalue weighted by Gasteiger charge is 2.13. The molecule has 1 rings (SSSR count). The Hall–Kier alpha value is -0.480. The first kappa shape index (κ1) is 13.6. The van der Waals surface area contributed by atoms with E-state index in [4.69, 9.17) is 0 Å². The summed E-state index contributed by atoms with van der Waals surface area (Å²) in [6, 6.07) is 3.88. The van der Waals surface area contributed by atoms with Crippen LogP contribution in [0.4, 0.5) is 5.69 Å². The summed E-state index contributed by atoms with van der Waals surface area (Å²) in [5.41, 5.74) is 3.09. The maximum Gasteiger partial charge on any atom is 0.139 e. The third-order valence-corrected chi connectivity index (χ3v) is 2.88. The third kappa shape index (κ3) is 3.25. The second-order valence-corrected chi connectivity index (χ2v) is 4.78. The van der Waals surface area contributed by atoms with Gasteiger partial charge in [0.05, 0.1) is 5.69 Å². The van der Waals surface area contributed by atoms with E-state index in [0.29, 0.717) is 5.75 Å². The number of aromatic hydroxyl groups is 1. The number of benzene rings is 1. The lowest BCUT2D eigenvalue weighted by atomic mass is 10.1. The lowest BCUT2D eigenvalue weighted by Crippen LogP contribution is -2.28. The van der Waals surface area contributed by atoms with Crippen LogP contribution in [0, 0.1) is 13.8 Å². The monoisotopic (exact) mass is 257 g/mol. The van der Waals surface area contributed by atoms with Gasteiger partial charge in [0.1, 0.15) is 5.75 Å². The van der Waals surface area contributed by atoms with Crippen LogP contribution in [0.2, 0.25) is 0 Å². The van der Waals surface area contributed by atoms with Crippen LogP contribution < -0.4 is 4.90 Å². The predicted molar refractivity (Wildman–Crippen MR) is 77.5 cm³/mol. The Morgan fingerprint density at radius 1 is 1.12 bits per heavy atom. The molecule has 0 spiro atoms. The number of aryl methyl sites for hydroxylation is 2. The van der Waals surface area contributed by atoms with Crippen LogP contribution in [0.1, 0.15) is 11.1 Å². The van der Waals surface area contributed by atoms with E-state index in [0.717, 1.165) is 41.4 Å². The van der Waals surface area contributed by atoms with Gasteiger partial charge in [-0.1, -0.05) is 6.07 Å². The van der Waals surface area contributed by atoms with Gasteiger partial charge in [0.2, 0.25) is 0 Å². The van der Waals surface area contributed by atoms with Gasteiger partial charge >= 0.3 is 0 Å². The van der Waals surface area contributed by atoms with Crippen LogP contribution in [-0.4, -0.2) is 29.7 Å². The van der Waals surface area contributed by atoms with Gasteiger partial charge in [-0.2, -0.15) is 25.3 Å². The summed E-state index contributed by atoms with van der Waals surface area (Å²) in [6.45, 7) is 5.65. The summed E-state index contributed by atoms with van der Waals surface area (Å²) >= 11 is 8.49. The van der Waals surface area contributed by atoms with Crippen molar-refractivity contribution in [2.24, 2.45) is 0 Å². The number of hydrogen-bond acceptors (Lipinski definition) is 4. The Labute approximate surface area is 108 Å². The molecule has 1 aromatic rings. The van der Waals surface area contributed by atoms with Crippen molar-refractivity contribution in [3.8, 4) is 5.75 Å². The van der Waals surface area contributed by atoms with Gasteiger partial charge in [-0.25, -0.2) is 0 Å². The molecule has 0 unspecified atom stereocenters. The zero-order chi connectivity index (χ0) is 12.1. The van der Waals surface area contributed by atoms with Gasteiger partial charge in [-0.3, -0.25) is 0 Å². The van der Waals surface area contributed by atoms with Crippen molar-refractivity contribution in [1.82, 2.24) is 0 Å². The molecule has 0 aliphatic rings. The van der Waals surface area contributed by atoms with Gasteiger partial charge in [0.25, 0.3) is 0 Å². The van der Waals surface area contributed by atoms with E-state index in [1.54, 1.807) is 6.07 Å². The Kier molecular flexibility index (Phi) is 5.35. The van der Waals surface area contributed by atoms with Gasteiger partial charge in [0.15, 0.2) is 0 Å². The fourth-order valence-electron chi connectivity index (χ4n) is 1.93. The second-order valence-electron chi connectivity index (χ2n) is 3.88. The van der Waals surface area contributed by atoms with Crippen LogP contribution in [0.25, 0.3) is 0 Å². The van der Waals surface area contributed by atoms with Crippen molar-refractivity contribution in [3.63, 3.8) is 0 Å². The minimum absolute atomic E-state index is 0.348. The maximum absolute atomic E-state index is 10.0. The molecule has 0 heterocycles. The Morgan fingerprint density at radius 2 is 1.69 bits per heavy atom. The largest absolute Gasteiger partial charge is 0.506 e. The molecule has 0 radical (unpaired) electrons. The number of phenolic OH excluding ortho intramolecular Hbond substituents is 1. The second kappa shape index (κ2) is 6.30. The van der Waals surface area contributed by atoms with Gasteiger partial charge < -0.3 is 10.0 Å². The molecule has 0 saturated carbocycles. The lowest BCUT2D eigenvalue weighted by molar-refractivity contribution is 0.473. The first-order valence-electron chi connectivity index (χ1n) is 5.37. The standard InChI is InChI=1S/C12H19NOS2/c1-9-7-10(2)12(11(14)8-9)13(3-5-15)4-6-16/h7-8,14-16H,3-6H2,1-2H3. The maximum atomic E-state index is 10.0. The average Bonchev–Trinajstić information content (AvgIpc) is 2.16. The summed E-state index contributed by atoms with van der Waals surface area (Å²) in [4.78, 5) is 2.13. The highest BCUT2D eigenvalue weighted by molar-refractivity contribution is 7.80. The fraction of sp³-hybridized carbons (Fsp3) is 0.500. The van der Waals surface area contributed by atoms with E-state index in [9.17, 15) is 5.11 Å². The molecule has 90 valence electrons. The summed E-state index contributed by atoms with van der Waals surface area (Å²) in [5.74, 6) is 1.88. The van der Waals surface area contributed by atoms with Gasteiger partial charge in [-0.05, 0) is 31.0 Å². The van der Waals surface area contributed by atoms with E-state index in [1.807, 2.05) is 13.8 Å². The van der Waals surface area contributed by atoms with Gasteiger partial charge in [0, 0.05) is 24.6 Å². The van der Waals surface area contributed by atoms with E-state index in [1.165, 1.54) is 0 Å². The minimum atomic E-state index is 0.348. The molecule has 0 aliphatic heterocycles. The topological polar surface area (TPSA) is 23.5 Å². The summed E-state index contributed by atoms with van der Waals surface area (Å²) in [7, 11) is 0. The average molecular weight is 257 g/mol. The number of hydrogen-bond donors (Lipinski definition) is 3. The van der Waals surface area contributed by atoms with Crippen LogP contribution >= 0.6 is 25.3 Å². The Bertz CT molecular complexity index is 326. The molecule has 0 aromatic heterocycles. The normalized spacial score (nSPS) is 10.5. The van der Waals surface area contributed by atoms with Crippen molar-refractivity contribution in [2.75, 3.05) is 29.5 Å². The zero-order valence-corrected chi connectivity index (χ0v) is 11.6. The number of thiol groups is 2. The Morgan fingerprint density at radius 3 is 2.12 bits per heavy atom. The van der Waals surface area contributed by atoms with E-state index in [-0.39, 0.29) is 0 Å². The number of phenols is 1. The van der Waals surface area contributed by atoms with Crippen LogP contribution in [0.5, 0.6) is 5.75 Å². The number of rotatable bonds is 5. The molecule has 0 aliphatic carbocycles. The highest BCUT2D eigenvalue weighted by Crippen LogP contribution is 2.32. The van der Waals surface area contributed by atoms with Crippen LogP contribution in [0.3, 0.4) is 0 Å². The first-order chi connectivity index (χ1) is 7.60. The molecule has 4 heteroatoms. The van der Waals surface area contributed by atoms with Crippen molar-refractivity contribution in [3.05, 3.63) is 23.3 Å². The molecule has 0 amide bonds. The molecule has 0 bridgehead atoms. The fourth-order valence-corrected chi connectivity index (χ4v) is 2.41. The molecular weight excluding hydrogens is 238 g/mol. The summed E-state index contributed by atoms with van der Waals surface area (Å²) in [6.07, 6.45) is 0.